The molecule has 10 nitrogen and oxygen atoms in total. The van der Waals surface area contributed by atoms with E-state index in [1.54, 1.807) is 48.2 Å². The molecule has 2 aliphatic heterocycles. The van der Waals surface area contributed by atoms with Crippen LogP contribution >= 0.6 is 0 Å². The number of nitrogens with one attached hydrogen (secondary N) is 1. The smallest absolute Gasteiger partial charge is 0.413 e. The van der Waals surface area contributed by atoms with E-state index in [9.17, 15) is 19.5 Å². The summed E-state index contributed by atoms with van der Waals surface area (Å²) in [7, 11) is 0. The van der Waals surface area contributed by atoms with E-state index < -0.39 is 24.3 Å². The van der Waals surface area contributed by atoms with Crippen LogP contribution in [0.25, 0.3) is 6.08 Å². The van der Waals surface area contributed by atoms with Gasteiger partial charge in [0.1, 0.15) is 18.1 Å². The number of nitrogens with zero attached hydrogens (tertiary/aromatic N) is 2. The molecule has 2 saturated heterocycles. The van der Waals surface area contributed by atoms with Gasteiger partial charge in [0.2, 0.25) is 5.91 Å². The fourth-order valence-corrected chi connectivity index (χ4v) is 3.70. The molecule has 0 radical (unpaired) electrons. The van der Waals surface area contributed by atoms with E-state index in [4.69, 9.17) is 13.9 Å². The fraction of sp³-hybridized carbons (Fsp3) is 0.348. The second-order valence-electron chi connectivity index (χ2n) is 7.79. The van der Waals surface area contributed by atoms with Crippen LogP contribution in [0, 0.1) is 6.92 Å². The van der Waals surface area contributed by atoms with Crippen LogP contribution in [0.1, 0.15) is 17.9 Å². The van der Waals surface area contributed by atoms with Gasteiger partial charge in [-0.05, 0) is 49.4 Å². The summed E-state index contributed by atoms with van der Waals surface area (Å²) in [5.41, 5.74) is 1.17. The summed E-state index contributed by atoms with van der Waals surface area (Å²) in [6, 6.07) is 10.3. The van der Waals surface area contributed by atoms with E-state index in [1.165, 1.54) is 17.1 Å². The lowest BCUT2D eigenvalue weighted by atomic mass is 10.2. The highest BCUT2D eigenvalue weighted by atomic mass is 16.6. The molecule has 2 N–H and O–H groups in total. The lowest BCUT2D eigenvalue weighted by molar-refractivity contribution is -0.132. The number of aryl methyl sites for hydroxylation is 1. The molecule has 0 aliphatic carbocycles. The van der Waals surface area contributed by atoms with Gasteiger partial charge in [0.15, 0.2) is 6.23 Å². The quantitative estimate of drug-likeness (QED) is 0.663. The Bertz CT molecular complexity index is 1050. The van der Waals surface area contributed by atoms with Crippen LogP contribution in [-0.4, -0.2) is 66.5 Å². The lowest BCUT2D eigenvalue weighted by Gasteiger charge is -2.27. The van der Waals surface area contributed by atoms with Crippen LogP contribution in [0.4, 0.5) is 16.2 Å². The normalized spacial score (nSPS) is 21.0. The number of likely N-dealkylation sites (tertiary alicyclic amines) is 1. The predicted molar refractivity (Wildman–Crippen MR) is 118 cm³/mol. The molecule has 4 rings (SSSR count). The molecule has 0 spiro atoms. The third-order valence-corrected chi connectivity index (χ3v) is 5.32. The molecule has 3 amide bonds. The van der Waals surface area contributed by atoms with Crippen LogP contribution in [0.2, 0.25) is 0 Å². The molecule has 2 aliphatic rings. The maximum Gasteiger partial charge on any atom is 0.413 e. The monoisotopic (exact) mass is 455 g/mol. The number of ether oxygens (including phenoxy) is 2. The number of anilines is 2. The Labute approximate surface area is 190 Å². The number of benzene rings is 1. The van der Waals surface area contributed by atoms with Crippen molar-refractivity contribution in [2.75, 3.05) is 36.5 Å². The fourth-order valence-electron chi connectivity index (χ4n) is 3.70. The number of furan rings is 1. The zero-order chi connectivity index (χ0) is 23.4. The van der Waals surface area contributed by atoms with E-state index in [0.29, 0.717) is 30.3 Å². The number of amides is 3. The number of aliphatic hydroxyl groups is 1. The topological polar surface area (TPSA) is 122 Å². The van der Waals surface area contributed by atoms with Crippen molar-refractivity contribution in [1.82, 2.24) is 4.90 Å². The molecule has 3 heterocycles. The van der Waals surface area contributed by atoms with Gasteiger partial charge in [0.25, 0.3) is 5.91 Å². The summed E-state index contributed by atoms with van der Waals surface area (Å²) in [5, 5.41) is 12.6. The molecule has 0 saturated carbocycles. The lowest BCUT2D eigenvalue weighted by Crippen LogP contribution is -2.41. The molecule has 2 atom stereocenters. The molecule has 174 valence electrons. The van der Waals surface area contributed by atoms with Crippen LogP contribution in [0.3, 0.4) is 0 Å². The maximum atomic E-state index is 12.6. The molecule has 1 aromatic heterocycles. The molecule has 10 heteroatoms. The van der Waals surface area contributed by atoms with Crippen LogP contribution < -0.4 is 10.2 Å². The molecule has 0 unspecified atom stereocenters. The summed E-state index contributed by atoms with van der Waals surface area (Å²) < 4.78 is 15.9. The number of aliphatic hydroxyl groups excluding tert-OH is 1. The van der Waals surface area contributed by atoms with Crippen LogP contribution in [-0.2, 0) is 19.1 Å². The molecule has 2 fully saturated rings. The van der Waals surface area contributed by atoms with Crippen LogP contribution in [0.15, 0.2) is 46.9 Å². The molecule has 1 aromatic carbocycles. The minimum atomic E-state index is -0.902. The Balaban J connectivity index is 1.34. The predicted octanol–water partition coefficient (Wildman–Crippen LogP) is 2.13. The summed E-state index contributed by atoms with van der Waals surface area (Å²) in [6.45, 7) is 2.84. The Kier molecular flexibility index (Phi) is 6.76. The second kappa shape index (κ2) is 9.88. The number of hydrogen-bond donors (Lipinski definition) is 2. The van der Waals surface area contributed by atoms with Crippen molar-refractivity contribution in [1.29, 1.82) is 0 Å². The van der Waals surface area contributed by atoms with Gasteiger partial charge in [0.05, 0.1) is 19.3 Å². The van der Waals surface area contributed by atoms with Crippen molar-refractivity contribution < 1.29 is 33.4 Å². The maximum absolute atomic E-state index is 12.6. The molecular formula is C23H25N3O7. The SMILES string of the molecule is Cc1ccc(/C=C/C(=O)N2C[C@H](O)C[C@H]2OC(=O)Nc2ccc(N3CCOCC3=O)cc2)o1. The Hall–Kier alpha value is -3.63. The van der Waals surface area contributed by atoms with E-state index in [2.05, 4.69) is 5.32 Å². The number of rotatable bonds is 5. The van der Waals surface area contributed by atoms with Gasteiger partial charge in [-0.15, -0.1) is 0 Å². The first-order chi connectivity index (χ1) is 15.9. The van der Waals surface area contributed by atoms with E-state index in [-0.39, 0.29) is 25.5 Å². The Morgan fingerprint density at radius 3 is 2.70 bits per heavy atom. The second-order valence-corrected chi connectivity index (χ2v) is 7.79. The van der Waals surface area contributed by atoms with Gasteiger partial charge in [-0.3, -0.25) is 14.9 Å². The van der Waals surface area contributed by atoms with Gasteiger partial charge >= 0.3 is 6.09 Å². The van der Waals surface area contributed by atoms with Crippen LogP contribution in [0.5, 0.6) is 0 Å². The number of carbonyl (C=O) groups is 3. The first kappa shape index (κ1) is 22.6. The van der Waals surface area contributed by atoms with E-state index in [0.717, 1.165) is 5.76 Å². The molecular weight excluding hydrogens is 430 g/mol. The minimum absolute atomic E-state index is 0.0468. The third kappa shape index (κ3) is 5.60. The standard InChI is InChI=1S/C23H25N3O7/c1-15-2-7-19(32-15)8-9-20(28)26-13-18(27)12-22(26)33-23(30)24-16-3-5-17(6-4-16)25-10-11-31-14-21(25)29/h2-9,18,22,27H,10-14H2,1H3,(H,24,30)/b9-8+/t18-,22-/m1/s1. The van der Waals surface area contributed by atoms with Crippen molar-refractivity contribution in [3.63, 3.8) is 0 Å². The summed E-state index contributed by atoms with van der Waals surface area (Å²) in [4.78, 5) is 39.8. The summed E-state index contributed by atoms with van der Waals surface area (Å²) in [6.07, 6.45) is 0.504. The highest BCUT2D eigenvalue weighted by Gasteiger charge is 2.36. The highest BCUT2D eigenvalue weighted by molar-refractivity contribution is 5.95. The van der Waals surface area contributed by atoms with Crippen molar-refractivity contribution >= 4 is 35.4 Å². The first-order valence-corrected chi connectivity index (χ1v) is 10.6. The zero-order valence-electron chi connectivity index (χ0n) is 18.1. The van der Waals surface area contributed by atoms with Gasteiger partial charge in [-0.25, -0.2) is 4.79 Å². The van der Waals surface area contributed by atoms with Crippen molar-refractivity contribution in [3.05, 3.63) is 54.0 Å². The highest BCUT2D eigenvalue weighted by Crippen LogP contribution is 2.22. The Morgan fingerprint density at radius 1 is 1.21 bits per heavy atom. The zero-order valence-corrected chi connectivity index (χ0v) is 18.1. The van der Waals surface area contributed by atoms with Gasteiger partial charge in [0, 0.05) is 30.4 Å². The van der Waals surface area contributed by atoms with Crippen molar-refractivity contribution in [2.45, 2.75) is 25.7 Å². The first-order valence-electron chi connectivity index (χ1n) is 10.6. The molecule has 2 aromatic rings. The number of β-amino-alcohol motifs (C(OH)–C–C–N with tert-alkyl or cyclic N) is 1. The average molecular weight is 455 g/mol. The van der Waals surface area contributed by atoms with Gasteiger partial charge in [-0.2, -0.15) is 0 Å². The van der Waals surface area contributed by atoms with Crippen molar-refractivity contribution in [3.8, 4) is 0 Å². The Morgan fingerprint density at radius 2 is 2.00 bits per heavy atom. The number of hydrogen-bond acceptors (Lipinski definition) is 7. The van der Waals surface area contributed by atoms with E-state index >= 15 is 0 Å². The summed E-state index contributed by atoms with van der Waals surface area (Å²) in [5.74, 6) is 0.722. The summed E-state index contributed by atoms with van der Waals surface area (Å²) >= 11 is 0. The number of morpholine rings is 1. The van der Waals surface area contributed by atoms with Crippen molar-refractivity contribution in [2.24, 2.45) is 0 Å². The van der Waals surface area contributed by atoms with Gasteiger partial charge < -0.3 is 28.8 Å². The molecule has 33 heavy (non-hydrogen) atoms. The number of carbonyl (C=O) groups excluding carboxylic acids is 3. The van der Waals surface area contributed by atoms with Gasteiger partial charge in [-0.1, -0.05) is 0 Å². The largest absolute Gasteiger partial charge is 0.462 e. The average Bonchev–Trinajstić information content (AvgIpc) is 3.37. The third-order valence-electron chi connectivity index (χ3n) is 5.32. The minimum Gasteiger partial charge on any atom is -0.462 e. The van der Waals surface area contributed by atoms with E-state index in [1.807, 2.05) is 0 Å². The molecule has 0 bridgehead atoms.